The van der Waals surface area contributed by atoms with Crippen LogP contribution in [-0.2, 0) is 26.1 Å². The number of ether oxygens (including phenoxy) is 1. The molecule has 1 aliphatic heterocycles. The number of fused-ring (bicyclic) bond motifs is 3. The summed E-state index contributed by atoms with van der Waals surface area (Å²) in [7, 11) is 1.71. The van der Waals surface area contributed by atoms with Gasteiger partial charge in [0.1, 0.15) is 5.75 Å². The van der Waals surface area contributed by atoms with E-state index in [0.29, 0.717) is 18.8 Å². The summed E-state index contributed by atoms with van der Waals surface area (Å²) in [6.07, 6.45) is 2.49. The zero-order chi connectivity index (χ0) is 26.1. The summed E-state index contributed by atoms with van der Waals surface area (Å²) >= 11 is 0. The van der Waals surface area contributed by atoms with Gasteiger partial charge in [0, 0.05) is 49.7 Å². The second kappa shape index (κ2) is 10.1. The standard InChI is InChI=1S/C32H30N4O2/c1-3-36-29-17-18-35(20-24-15-16-30(38-2)27-14-7-6-13-26(24)27)21-28(29)31(34-36)32(37)33-19-23-11-8-10-22-9-4-5-12-25(22)23/h3-16H,1,17-21H2,2H3,(H,33,37). The number of carbonyl (C=O) groups excluding carboxylic acids is 1. The fraction of sp³-hybridized carbons (Fsp3) is 0.188. The predicted molar refractivity (Wildman–Crippen MR) is 152 cm³/mol. The fourth-order valence-electron chi connectivity index (χ4n) is 5.57. The van der Waals surface area contributed by atoms with Crippen molar-refractivity contribution in [3.63, 3.8) is 0 Å². The molecule has 0 bridgehead atoms. The van der Waals surface area contributed by atoms with E-state index in [1.165, 1.54) is 10.9 Å². The van der Waals surface area contributed by atoms with Gasteiger partial charge in [-0.05, 0) is 33.4 Å². The summed E-state index contributed by atoms with van der Waals surface area (Å²) in [6, 6.07) is 26.9. The van der Waals surface area contributed by atoms with Crippen molar-refractivity contribution in [3.05, 3.63) is 114 Å². The Morgan fingerprint density at radius 1 is 0.974 bits per heavy atom. The number of aromatic nitrogens is 2. The summed E-state index contributed by atoms with van der Waals surface area (Å²) in [5, 5.41) is 12.4. The van der Waals surface area contributed by atoms with E-state index in [4.69, 9.17) is 4.74 Å². The summed E-state index contributed by atoms with van der Waals surface area (Å²) in [4.78, 5) is 15.8. The van der Waals surface area contributed by atoms with Gasteiger partial charge in [0.2, 0.25) is 0 Å². The molecule has 0 spiro atoms. The maximum Gasteiger partial charge on any atom is 0.272 e. The Hall–Kier alpha value is -4.42. The maximum absolute atomic E-state index is 13.4. The Bertz CT molecular complexity index is 1660. The second-order valence-corrected chi connectivity index (χ2v) is 9.66. The lowest BCUT2D eigenvalue weighted by Crippen LogP contribution is -2.32. The van der Waals surface area contributed by atoms with Crippen LogP contribution in [-0.4, -0.2) is 34.2 Å². The predicted octanol–water partition coefficient (Wildman–Crippen LogP) is 5.79. The molecule has 190 valence electrons. The minimum Gasteiger partial charge on any atom is -0.496 e. The first-order valence-electron chi connectivity index (χ1n) is 12.9. The number of methoxy groups -OCH3 is 1. The zero-order valence-electron chi connectivity index (χ0n) is 21.5. The molecule has 1 aromatic heterocycles. The van der Waals surface area contributed by atoms with Gasteiger partial charge in [-0.2, -0.15) is 5.10 Å². The van der Waals surface area contributed by atoms with Gasteiger partial charge in [-0.15, -0.1) is 0 Å². The smallest absolute Gasteiger partial charge is 0.272 e. The number of hydrogen-bond acceptors (Lipinski definition) is 4. The second-order valence-electron chi connectivity index (χ2n) is 9.66. The number of nitrogens with zero attached hydrogens (tertiary/aromatic N) is 3. The highest BCUT2D eigenvalue weighted by Crippen LogP contribution is 2.31. The molecule has 1 N–H and O–H groups in total. The zero-order valence-corrected chi connectivity index (χ0v) is 21.5. The summed E-state index contributed by atoms with van der Waals surface area (Å²) in [6.45, 7) is 6.67. The van der Waals surface area contributed by atoms with E-state index in [1.807, 2.05) is 30.3 Å². The highest BCUT2D eigenvalue weighted by atomic mass is 16.5. The van der Waals surface area contributed by atoms with E-state index in [0.717, 1.165) is 58.2 Å². The molecule has 0 aliphatic carbocycles. The molecule has 0 radical (unpaired) electrons. The van der Waals surface area contributed by atoms with Crippen molar-refractivity contribution in [2.24, 2.45) is 0 Å². The van der Waals surface area contributed by atoms with Crippen LogP contribution in [0.4, 0.5) is 0 Å². The van der Waals surface area contributed by atoms with Crippen molar-refractivity contribution in [3.8, 4) is 5.75 Å². The SMILES string of the molecule is C=Cn1nc(C(=O)NCc2cccc3ccccc23)c2c1CCN(Cc1ccc(OC)c3ccccc13)C2. The molecule has 1 aliphatic rings. The Labute approximate surface area is 222 Å². The quantitative estimate of drug-likeness (QED) is 0.306. The molecule has 0 saturated carbocycles. The van der Waals surface area contributed by atoms with Crippen LogP contribution < -0.4 is 10.1 Å². The molecular weight excluding hydrogens is 472 g/mol. The van der Waals surface area contributed by atoms with E-state index < -0.39 is 0 Å². The van der Waals surface area contributed by atoms with E-state index >= 15 is 0 Å². The third kappa shape index (κ3) is 4.33. The Morgan fingerprint density at radius 3 is 2.55 bits per heavy atom. The first kappa shape index (κ1) is 23.9. The molecule has 6 heteroatoms. The third-order valence-corrected chi connectivity index (χ3v) is 7.46. The van der Waals surface area contributed by atoms with E-state index in [1.54, 1.807) is 18.0 Å². The first-order valence-corrected chi connectivity index (χ1v) is 12.9. The van der Waals surface area contributed by atoms with Crippen LogP contribution in [0.15, 0.2) is 85.4 Å². The van der Waals surface area contributed by atoms with Gasteiger partial charge in [-0.25, -0.2) is 4.68 Å². The van der Waals surface area contributed by atoms with Gasteiger partial charge in [-0.3, -0.25) is 9.69 Å². The van der Waals surface area contributed by atoms with Gasteiger partial charge >= 0.3 is 0 Å². The van der Waals surface area contributed by atoms with Crippen molar-refractivity contribution in [2.45, 2.75) is 26.1 Å². The fourth-order valence-corrected chi connectivity index (χ4v) is 5.57. The van der Waals surface area contributed by atoms with Crippen LogP contribution in [0.2, 0.25) is 0 Å². The van der Waals surface area contributed by atoms with E-state index in [2.05, 4.69) is 70.4 Å². The van der Waals surface area contributed by atoms with Crippen LogP contribution in [0.3, 0.4) is 0 Å². The van der Waals surface area contributed by atoms with Gasteiger partial charge in [0.25, 0.3) is 5.91 Å². The number of rotatable bonds is 7. The lowest BCUT2D eigenvalue weighted by molar-refractivity contribution is 0.0943. The van der Waals surface area contributed by atoms with E-state index in [9.17, 15) is 4.79 Å². The molecule has 2 heterocycles. The molecule has 0 atom stereocenters. The van der Waals surface area contributed by atoms with Crippen molar-refractivity contribution in [1.29, 1.82) is 0 Å². The molecule has 0 unspecified atom stereocenters. The maximum atomic E-state index is 13.4. The topological polar surface area (TPSA) is 59.4 Å². The van der Waals surface area contributed by atoms with Crippen molar-refractivity contribution < 1.29 is 9.53 Å². The average Bonchev–Trinajstić information content (AvgIpc) is 3.34. The molecule has 5 aromatic rings. The minimum absolute atomic E-state index is 0.161. The molecule has 6 rings (SSSR count). The number of benzene rings is 4. The van der Waals surface area contributed by atoms with Crippen molar-refractivity contribution in [2.75, 3.05) is 13.7 Å². The lowest BCUT2D eigenvalue weighted by Gasteiger charge is -2.28. The average molecular weight is 503 g/mol. The monoisotopic (exact) mass is 502 g/mol. The Morgan fingerprint density at radius 2 is 1.74 bits per heavy atom. The van der Waals surface area contributed by atoms with E-state index in [-0.39, 0.29) is 5.91 Å². The summed E-state index contributed by atoms with van der Waals surface area (Å²) in [5.74, 6) is 0.717. The van der Waals surface area contributed by atoms with Gasteiger partial charge < -0.3 is 10.1 Å². The van der Waals surface area contributed by atoms with Gasteiger partial charge in [0.15, 0.2) is 5.69 Å². The molecule has 4 aromatic carbocycles. The number of hydrogen-bond donors (Lipinski definition) is 1. The Balaban J connectivity index is 1.24. The van der Waals surface area contributed by atoms with Crippen molar-refractivity contribution in [1.82, 2.24) is 20.0 Å². The van der Waals surface area contributed by atoms with Crippen LogP contribution in [0.5, 0.6) is 5.75 Å². The largest absolute Gasteiger partial charge is 0.496 e. The molecule has 6 nitrogen and oxygen atoms in total. The first-order chi connectivity index (χ1) is 18.7. The van der Waals surface area contributed by atoms with Crippen LogP contribution in [0, 0.1) is 0 Å². The highest BCUT2D eigenvalue weighted by Gasteiger charge is 2.28. The normalized spacial score (nSPS) is 13.4. The molecule has 38 heavy (non-hydrogen) atoms. The summed E-state index contributed by atoms with van der Waals surface area (Å²) in [5.41, 5.74) is 4.84. The lowest BCUT2D eigenvalue weighted by atomic mass is 10.0. The molecule has 0 saturated heterocycles. The number of amides is 1. The number of carbonyl (C=O) groups is 1. The van der Waals surface area contributed by atoms with Gasteiger partial charge in [0.05, 0.1) is 12.8 Å². The number of nitrogens with one attached hydrogen (secondary N) is 1. The summed E-state index contributed by atoms with van der Waals surface area (Å²) < 4.78 is 7.34. The molecule has 0 fully saturated rings. The highest BCUT2D eigenvalue weighted by molar-refractivity contribution is 5.95. The minimum atomic E-state index is -0.161. The Kier molecular flexibility index (Phi) is 6.40. The van der Waals surface area contributed by atoms with Gasteiger partial charge in [-0.1, -0.05) is 79.4 Å². The van der Waals surface area contributed by atoms with Crippen LogP contribution in [0.25, 0.3) is 27.7 Å². The van der Waals surface area contributed by atoms with Crippen LogP contribution >= 0.6 is 0 Å². The molecular formula is C32H30N4O2. The van der Waals surface area contributed by atoms with Crippen LogP contribution in [0.1, 0.15) is 32.9 Å². The third-order valence-electron chi connectivity index (χ3n) is 7.46. The molecule has 1 amide bonds. The van der Waals surface area contributed by atoms with Crippen molar-refractivity contribution >= 4 is 33.7 Å².